The van der Waals surface area contributed by atoms with Crippen molar-refractivity contribution in [3.8, 4) is 5.75 Å². The first-order chi connectivity index (χ1) is 8.32. The summed E-state index contributed by atoms with van der Waals surface area (Å²) in [6.07, 6.45) is 3.42. The third kappa shape index (κ3) is 1.83. The second kappa shape index (κ2) is 4.27. The van der Waals surface area contributed by atoms with E-state index in [1.807, 2.05) is 0 Å². The second-order valence-electron chi connectivity index (χ2n) is 6.37. The molecule has 0 amide bonds. The number of benzene rings is 1. The number of nitrogens with two attached hydrogens (primary N) is 1. The van der Waals surface area contributed by atoms with E-state index in [-0.39, 0.29) is 11.0 Å². The summed E-state index contributed by atoms with van der Waals surface area (Å²) < 4.78 is 5.60. The molecule has 2 rings (SSSR count). The Morgan fingerprint density at radius 2 is 1.83 bits per heavy atom. The molecule has 0 aliphatic heterocycles. The van der Waals surface area contributed by atoms with Gasteiger partial charge in [-0.25, -0.2) is 0 Å². The molecule has 1 unspecified atom stereocenters. The Morgan fingerprint density at radius 3 is 2.33 bits per heavy atom. The Hall–Kier alpha value is -1.02. The smallest absolute Gasteiger partial charge is 0.124 e. The van der Waals surface area contributed by atoms with Crippen LogP contribution in [0.2, 0.25) is 0 Å². The minimum atomic E-state index is -0.268. The number of rotatable bonds is 2. The third-order valence-electron chi connectivity index (χ3n) is 4.69. The third-order valence-corrected chi connectivity index (χ3v) is 4.69. The molecule has 100 valence electrons. The van der Waals surface area contributed by atoms with Crippen LogP contribution in [0.25, 0.3) is 0 Å². The molecule has 1 aliphatic carbocycles. The SMILES string of the molecule is COc1cc(C)cc(C)c1C1(N)CCCC1(C)C. The maximum atomic E-state index is 6.81. The number of ether oxygens (including phenoxy) is 1. The topological polar surface area (TPSA) is 35.2 Å². The van der Waals surface area contributed by atoms with Gasteiger partial charge in [-0.2, -0.15) is 0 Å². The molecule has 2 nitrogen and oxygen atoms in total. The Balaban J connectivity index is 2.64. The van der Waals surface area contributed by atoms with Crippen molar-refractivity contribution < 1.29 is 4.74 Å². The second-order valence-corrected chi connectivity index (χ2v) is 6.37. The zero-order chi connectivity index (χ0) is 13.6. The van der Waals surface area contributed by atoms with Gasteiger partial charge in [0.15, 0.2) is 0 Å². The standard InChI is InChI=1S/C16H25NO/c1-11-9-12(2)14(13(10-11)18-5)16(17)8-6-7-15(16,3)4/h9-10H,6-8,17H2,1-5H3. The lowest BCUT2D eigenvalue weighted by molar-refractivity contribution is 0.203. The summed E-state index contributed by atoms with van der Waals surface area (Å²) >= 11 is 0. The van der Waals surface area contributed by atoms with Crippen LogP contribution in [0.3, 0.4) is 0 Å². The van der Waals surface area contributed by atoms with Crippen molar-refractivity contribution in [2.75, 3.05) is 7.11 Å². The van der Waals surface area contributed by atoms with Crippen LogP contribution in [-0.2, 0) is 5.54 Å². The summed E-state index contributed by atoms with van der Waals surface area (Å²) in [5.41, 5.74) is 10.4. The van der Waals surface area contributed by atoms with Gasteiger partial charge in [0.1, 0.15) is 5.75 Å². The lowest BCUT2D eigenvalue weighted by atomic mass is 9.70. The van der Waals surface area contributed by atoms with Gasteiger partial charge in [0.25, 0.3) is 0 Å². The van der Waals surface area contributed by atoms with Gasteiger partial charge in [-0.15, -0.1) is 0 Å². The highest BCUT2D eigenvalue weighted by Crippen LogP contribution is 2.53. The molecule has 1 aromatic rings. The fourth-order valence-electron chi connectivity index (χ4n) is 3.50. The molecule has 1 fully saturated rings. The van der Waals surface area contributed by atoms with Gasteiger partial charge in [-0.1, -0.05) is 26.3 Å². The lowest BCUT2D eigenvalue weighted by Gasteiger charge is -2.40. The quantitative estimate of drug-likeness (QED) is 0.865. The van der Waals surface area contributed by atoms with Crippen molar-refractivity contribution in [3.05, 3.63) is 28.8 Å². The van der Waals surface area contributed by atoms with Gasteiger partial charge in [0.2, 0.25) is 0 Å². The molecule has 0 saturated heterocycles. The van der Waals surface area contributed by atoms with Crippen LogP contribution in [0.4, 0.5) is 0 Å². The highest BCUT2D eigenvalue weighted by molar-refractivity contribution is 5.49. The van der Waals surface area contributed by atoms with Gasteiger partial charge in [-0.05, 0) is 49.3 Å². The maximum Gasteiger partial charge on any atom is 0.124 e. The minimum absolute atomic E-state index is 0.125. The normalized spacial score (nSPS) is 26.3. The van der Waals surface area contributed by atoms with Crippen molar-refractivity contribution >= 4 is 0 Å². The predicted octanol–water partition coefficient (Wildman–Crippen LogP) is 3.68. The molecule has 1 atom stereocenters. The lowest BCUT2D eigenvalue weighted by Crippen LogP contribution is -2.46. The highest BCUT2D eigenvalue weighted by Gasteiger charge is 2.49. The van der Waals surface area contributed by atoms with E-state index in [0.29, 0.717) is 0 Å². The number of hydrogen-bond donors (Lipinski definition) is 1. The number of methoxy groups -OCH3 is 1. The molecular weight excluding hydrogens is 222 g/mol. The van der Waals surface area contributed by atoms with E-state index >= 15 is 0 Å². The first-order valence-electron chi connectivity index (χ1n) is 6.76. The summed E-state index contributed by atoms with van der Waals surface area (Å²) in [5, 5.41) is 0. The molecule has 1 saturated carbocycles. The molecule has 0 aromatic heterocycles. The van der Waals surface area contributed by atoms with Crippen molar-refractivity contribution in [1.82, 2.24) is 0 Å². The van der Waals surface area contributed by atoms with E-state index in [1.54, 1.807) is 7.11 Å². The van der Waals surface area contributed by atoms with E-state index in [1.165, 1.54) is 29.5 Å². The first kappa shape index (κ1) is 13.4. The van der Waals surface area contributed by atoms with Gasteiger partial charge >= 0.3 is 0 Å². The Morgan fingerprint density at radius 1 is 1.17 bits per heavy atom. The van der Waals surface area contributed by atoms with E-state index in [4.69, 9.17) is 10.5 Å². The van der Waals surface area contributed by atoms with E-state index in [9.17, 15) is 0 Å². The van der Waals surface area contributed by atoms with Gasteiger partial charge in [0.05, 0.1) is 12.6 Å². The summed E-state index contributed by atoms with van der Waals surface area (Å²) in [6.45, 7) is 8.80. The summed E-state index contributed by atoms with van der Waals surface area (Å²) in [5.74, 6) is 0.949. The van der Waals surface area contributed by atoms with Crippen LogP contribution in [0.15, 0.2) is 12.1 Å². The fraction of sp³-hybridized carbons (Fsp3) is 0.625. The minimum Gasteiger partial charge on any atom is -0.496 e. The highest BCUT2D eigenvalue weighted by atomic mass is 16.5. The molecule has 2 N–H and O–H groups in total. The van der Waals surface area contributed by atoms with Gasteiger partial charge in [0, 0.05) is 5.56 Å². The predicted molar refractivity (Wildman–Crippen MR) is 76.0 cm³/mol. The van der Waals surface area contributed by atoms with Crippen LogP contribution in [0.1, 0.15) is 49.8 Å². The number of hydrogen-bond acceptors (Lipinski definition) is 2. The Labute approximate surface area is 111 Å². The van der Waals surface area contributed by atoms with Crippen molar-refractivity contribution in [1.29, 1.82) is 0 Å². The van der Waals surface area contributed by atoms with Crippen molar-refractivity contribution in [3.63, 3.8) is 0 Å². The van der Waals surface area contributed by atoms with Crippen LogP contribution >= 0.6 is 0 Å². The zero-order valence-corrected chi connectivity index (χ0v) is 12.3. The largest absolute Gasteiger partial charge is 0.496 e. The molecule has 1 aromatic carbocycles. The molecule has 0 heterocycles. The molecule has 0 spiro atoms. The first-order valence-corrected chi connectivity index (χ1v) is 6.76. The van der Waals surface area contributed by atoms with Crippen LogP contribution in [-0.4, -0.2) is 7.11 Å². The zero-order valence-electron chi connectivity index (χ0n) is 12.3. The molecule has 0 bridgehead atoms. The molecule has 2 heteroatoms. The summed E-state index contributed by atoms with van der Waals surface area (Å²) in [4.78, 5) is 0. The summed E-state index contributed by atoms with van der Waals surface area (Å²) in [6, 6.07) is 4.31. The van der Waals surface area contributed by atoms with E-state index in [2.05, 4.69) is 39.8 Å². The molecule has 18 heavy (non-hydrogen) atoms. The maximum absolute atomic E-state index is 6.81. The molecule has 1 aliphatic rings. The van der Waals surface area contributed by atoms with Gasteiger partial charge in [-0.3, -0.25) is 0 Å². The van der Waals surface area contributed by atoms with Crippen molar-refractivity contribution in [2.24, 2.45) is 11.1 Å². The Kier molecular flexibility index (Phi) is 3.18. The Bertz CT molecular complexity index is 464. The van der Waals surface area contributed by atoms with Crippen molar-refractivity contribution in [2.45, 2.75) is 52.5 Å². The average molecular weight is 247 g/mol. The van der Waals surface area contributed by atoms with Crippen LogP contribution in [0, 0.1) is 19.3 Å². The van der Waals surface area contributed by atoms with Gasteiger partial charge < -0.3 is 10.5 Å². The fourth-order valence-corrected chi connectivity index (χ4v) is 3.50. The van der Waals surface area contributed by atoms with Crippen LogP contribution < -0.4 is 10.5 Å². The molecule has 0 radical (unpaired) electrons. The average Bonchev–Trinajstić information content (AvgIpc) is 2.52. The van der Waals surface area contributed by atoms with Crippen LogP contribution in [0.5, 0.6) is 5.75 Å². The monoisotopic (exact) mass is 247 g/mol. The number of aryl methyl sites for hydroxylation is 2. The van der Waals surface area contributed by atoms with E-state index < -0.39 is 0 Å². The molecular formula is C16H25NO. The van der Waals surface area contributed by atoms with E-state index in [0.717, 1.165) is 12.2 Å². The summed E-state index contributed by atoms with van der Waals surface area (Å²) in [7, 11) is 1.74.